The van der Waals surface area contributed by atoms with Crippen LogP contribution in [0.25, 0.3) is 0 Å². The lowest BCUT2D eigenvalue weighted by Crippen LogP contribution is -2.47. The molecule has 3 heterocycles. The molecule has 1 aliphatic heterocycles. The van der Waals surface area contributed by atoms with E-state index in [1.807, 2.05) is 25.5 Å². The molecule has 1 aliphatic rings. The Hall–Kier alpha value is -1.89. The Labute approximate surface area is 121 Å². The van der Waals surface area contributed by atoms with Crippen LogP contribution in [0.5, 0.6) is 0 Å². The number of rotatable bonds is 3. The summed E-state index contributed by atoms with van der Waals surface area (Å²) in [6.45, 7) is 5.45. The molecule has 2 aromatic rings. The molecule has 0 saturated carbocycles. The highest BCUT2D eigenvalue weighted by molar-refractivity contribution is 7.13. The van der Waals surface area contributed by atoms with Crippen molar-refractivity contribution in [3.63, 3.8) is 0 Å². The molecular weight excluding hydrogens is 274 g/mol. The average Bonchev–Trinajstić information content (AvgIpc) is 3.06. The average molecular weight is 291 g/mol. The summed E-state index contributed by atoms with van der Waals surface area (Å²) >= 11 is 1.66. The third-order valence-electron chi connectivity index (χ3n) is 3.62. The van der Waals surface area contributed by atoms with Crippen LogP contribution in [-0.4, -0.2) is 47.2 Å². The fourth-order valence-electron chi connectivity index (χ4n) is 2.66. The van der Waals surface area contributed by atoms with Crippen molar-refractivity contribution >= 4 is 28.6 Å². The molecule has 0 N–H and O–H groups in total. The lowest BCUT2D eigenvalue weighted by atomic mass is 10.2. The van der Waals surface area contributed by atoms with Gasteiger partial charge < -0.3 is 9.80 Å². The van der Waals surface area contributed by atoms with Gasteiger partial charge in [-0.15, -0.1) is 11.3 Å². The number of carbonyl (C=O) groups is 1. The minimum atomic E-state index is 0.704. The molecule has 0 aromatic carbocycles. The molecule has 0 aliphatic carbocycles. The van der Waals surface area contributed by atoms with Crippen LogP contribution in [-0.2, 0) is 7.05 Å². The van der Waals surface area contributed by atoms with E-state index >= 15 is 0 Å². The van der Waals surface area contributed by atoms with Crippen molar-refractivity contribution in [2.45, 2.75) is 6.92 Å². The Morgan fingerprint density at radius 3 is 2.55 bits per heavy atom. The number of thiazole rings is 1. The van der Waals surface area contributed by atoms with Crippen LogP contribution in [0.3, 0.4) is 0 Å². The summed E-state index contributed by atoms with van der Waals surface area (Å²) < 4.78 is 1.80. The Bertz CT molecular complexity index is 599. The maximum atomic E-state index is 11.3. The molecule has 3 rings (SSSR count). The van der Waals surface area contributed by atoms with E-state index < -0.39 is 0 Å². The molecule has 0 bridgehead atoms. The fraction of sp³-hybridized carbons (Fsp3) is 0.462. The minimum Gasteiger partial charge on any atom is -0.353 e. The molecule has 7 heteroatoms. The second-order valence-electron chi connectivity index (χ2n) is 4.85. The Kier molecular flexibility index (Phi) is 3.43. The molecule has 106 valence electrons. The summed E-state index contributed by atoms with van der Waals surface area (Å²) in [5.74, 6) is 0.927. The van der Waals surface area contributed by atoms with Gasteiger partial charge >= 0.3 is 0 Å². The number of nitrogens with zero attached hydrogens (tertiary/aromatic N) is 5. The van der Waals surface area contributed by atoms with Crippen LogP contribution >= 0.6 is 11.3 Å². The molecular formula is C13H17N5OS. The van der Waals surface area contributed by atoms with Gasteiger partial charge in [0.2, 0.25) is 0 Å². The van der Waals surface area contributed by atoms with E-state index in [9.17, 15) is 4.79 Å². The predicted octanol–water partition coefficient (Wildman–Crippen LogP) is 1.32. The number of hydrogen-bond donors (Lipinski definition) is 0. The van der Waals surface area contributed by atoms with E-state index in [-0.39, 0.29) is 0 Å². The zero-order valence-electron chi connectivity index (χ0n) is 11.6. The first-order chi connectivity index (χ1) is 9.70. The van der Waals surface area contributed by atoms with Gasteiger partial charge in [0, 0.05) is 44.8 Å². The Balaban J connectivity index is 1.77. The highest BCUT2D eigenvalue weighted by Gasteiger charge is 2.24. The van der Waals surface area contributed by atoms with Gasteiger partial charge in [-0.3, -0.25) is 9.48 Å². The van der Waals surface area contributed by atoms with Crippen molar-refractivity contribution in [2.75, 3.05) is 36.0 Å². The van der Waals surface area contributed by atoms with Crippen molar-refractivity contribution in [3.8, 4) is 0 Å². The molecule has 0 spiro atoms. The van der Waals surface area contributed by atoms with E-state index in [2.05, 4.69) is 19.9 Å². The van der Waals surface area contributed by atoms with Gasteiger partial charge in [0.15, 0.2) is 11.4 Å². The molecule has 1 saturated heterocycles. The van der Waals surface area contributed by atoms with Crippen molar-refractivity contribution in [1.29, 1.82) is 0 Å². The van der Waals surface area contributed by atoms with E-state index in [4.69, 9.17) is 0 Å². The van der Waals surface area contributed by atoms with E-state index in [1.54, 1.807) is 16.0 Å². The van der Waals surface area contributed by atoms with E-state index in [0.29, 0.717) is 5.56 Å². The van der Waals surface area contributed by atoms with Gasteiger partial charge in [-0.05, 0) is 6.92 Å². The molecule has 20 heavy (non-hydrogen) atoms. The smallest absolute Gasteiger partial charge is 0.185 e. The molecule has 0 unspecified atom stereocenters. The number of aryl methyl sites for hydroxylation is 2. The maximum absolute atomic E-state index is 11.3. The van der Waals surface area contributed by atoms with Gasteiger partial charge in [-0.1, -0.05) is 0 Å². The Morgan fingerprint density at radius 1 is 1.25 bits per heavy atom. The first-order valence-electron chi connectivity index (χ1n) is 6.59. The number of piperazine rings is 1. The maximum Gasteiger partial charge on any atom is 0.185 e. The quantitative estimate of drug-likeness (QED) is 0.798. The monoisotopic (exact) mass is 291 g/mol. The largest absolute Gasteiger partial charge is 0.353 e. The first kappa shape index (κ1) is 13.1. The van der Waals surface area contributed by atoms with Crippen molar-refractivity contribution in [1.82, 2.24) is 14.8 Å². The Morgan fingerprint density at radius 2 is 1.95 bits per heavy atom. The fourth-order valence-corrected chi connectivity index (χ4v) is 3.35. The van der Waals surface area contributed by atoms with Crippen LogP contribution in [0.1, 0.15) is 16.1 Å². The minimum absolute atomic E-state index is 0.704. The highest BCUT2D eigenvalue weighted by Crippen LogP contribution is 2.25. The molecule has 0 atom stereocenters. The number of hydrogen-bond acceptors (Lipinski definition) is 6. The van der Waals surface area contributed by atoms with Crippen LogP contribution in [0.15, 0.2) is 11.6 Å². The topological polar surface area (TPSA) is 54.3 Å². The third kappa shape index (κ3) is 2.18. The second kappa shape index (κ2) is 5.24. The standard InChI is InChI=1S/C13H17N5OS/c1-10-11(9-19)12(16(2)15-10)17-4-6-18(7-5-17)13-14-3-8-20-13/h3,8-9H,4-7H2,1-2H3. The second-order valence-corrected chi connectivity index (χ2v) is 5.73. The van der Waals surface area contributed by atoms with E-state index in [0.717, 1.165) is 49.1 Å². The summed E-state index contributed by atoms with van der Waals surface area (Å²) in [5.41, 5.74) is 1.50. The molecule has 1 fully saturated rings. The van der Waals surface area contributed by atoms with Crippen molar-refractivity contribution in [3.05, 3.63) is 22.8 Å². The normalized spacial score (nSPS) is 15.7. The van der Waals surface area contributed by atoms with E-state index in [1.165, 1.54) is 0 Å². The van der Waals surface area contributed by atoms with Crippen LogP contribution < -0.4 is 9.80 Å². The number of anilines is 2. The predicted molar refractivity (Wildman–Crippen MR) is 79.9 cm³/mol. The van der Waals surface area contributed by atoms with Gasteiger partial charge in [0.1, 0.15) is 5.82 Å². The summed E-state index contributed by atoms with van der Waals surface area (Å²) in [5, 5.41) is 7.41. The van der Waals surface area contributed by atoms with Crippen LogP contribution in [0, 0.1) is 6.92 Å². The lowest BCUT2D eigenvalue weighted by Gasteiger charge is -2.35. The molecule has 0 amide bonds. The molecule has 6 nitrogen and oxygen atoms in total. The number of aromatic nitrogens is 3. The lowest BCUT2D eigenvalue weighted by molar-refractivity contribution is 0.112. The first-order valence-corrected chi connectivity index (χ1v) is 7.47. The summed E-state index contributed by atoms with van der Waals surface area (Å²) in [7, 11) is 1.89. The molecule has 2 aromatic heterocycles. The van der Waals surface area contributed by atoms with Crippen LogP contribution in [0.4, 0.5) is 10.9 Å². The zero-order chi connectivity index (χ0) is 14.1. The van der Waals surface area contributed by atoms with Gasteiger partial charge in [0.25, 0.3) is 0 Å². The van der Waals surface area contributed by atoms with Gasteiger partial charge in [-0.2, -0.15) is 5.10 Å². The zero-order valence-corrected chi connectivity index (χ0v) is 12.4. The summed E-state index contributed by atoms with van der Waals surface area (Å²) in [6.07, 6.45) is 2.74. The molecule has 0 radical (unpaired) electrons. The SMILES string of the molecule is Cc1nn(C)c(N2CCN(c3nccs3)CC2)c1C=O. The number of aldehydes is 1. The van der Waals surface area contributed by atoms with Crippen molar-refractivity contribution < 1.29 is 4.79 Å². The third-order valence-corrected chi connectivity index (χ3v) is 4.46. The van der Waals surface area contributed by atoms with Crippen LogP contribution in [0.2, 0.25) is 0 Å². The number of carbonyl (C=O) groups excluding carboxylic acids is 1. The summed E-state index contributed by atoms with van der Waals surface area (Å²) in [6, 6.07) is 0. The van der Waals surface area contributed by atoms with Gasteiger partial charge in [-0.25, -0.2) is 4.98 Å². The van der Waals surface area contributed by atoms with Gasteiger partial charge in [0.05, 0.1) is 11.3 Å². The van der Waals surface area contributed by atoms with Crippen molar-refractivity contribution in [2.24, 2.45) is 7.05 Å². The highest BCUT2D eigenvalue weighted by atomic mass is 32.1. The summed E-state index contributed by atoms with van der Waals surface area (Å²) in [4.78, 5) is 20.1.